The summed E-state index contributed by atoms with van der Waals surface area (Å²) in [5, 5.41) is 0.913. The number of carbonyl (C=O) groups is 2. The Morgan fingerprint density at radius 2 is 1.69 bits per heavy atom. The van der Waals surface area contributed by atoms with Crippen molar-refractivity contribution in [2.75, 3.05) is 52.8 Å². The second kappa shape index (κ2) is 14.0. The van der Waals surface area contributed by atoms with Gasteiger partial charge in [-0.2, -0.15) is 0 Å². The maximum atomic E-state index is 14.4. The first-order chi connectivity index (χ1) is 19.5. The Hall–Kier alpha value is -2.97. The number of hydrogen-bond acceptors (Lipinski definition) is 5. The lowest BCUT2D eigenvalue weighted by Crippen LogP contribution is -2.39. The van der Waals surface area contributed by atoms with Crippen molar-refractivity contribution in [2.45, 2.75) is 32.2 Å². The summed E-state index contributed by atoms with van der Waals surface area (Å²) >= 11 is 13.3. The zero-order chi connectivity index (χ0) is 29.9. The molecule has 1 aliphatic heterocycles. The van der Waals surface area contributed by atoms with Crippen LogP contribution in [0.3, 0.4) is 0 Å². The molecule has 0 aromatic heterocycles. The molecule has 1 unspecified atom stereocenters. The van der Waals surface area contributed by atoms with Crippen LogP contribution in [0.5, 0.6) is 11.5 Å². The molecule has 1 atom stereocenters. The zero-order valence-corrected chi connectivity index (χ0v) is 27.2. The van der Waals surface area contributed by atoms with Gasteiger partial charge in [0.15, 0.2) is 0 Å². The third-order valence-corrected chi connectivity index (χ3v) is 8.30. The van der Waals surface area contributed by atoms with Gasteiger partial charge in [0.1, 0.15) is 16.9 Å². The van der Waals surface area contributed by atoms with E-state index in [4.69, 9.17) is 32.7 Å². The molecule has 226 valence electrons. The summed E-state index contributed by atoms with van der Waals surface area (Å²) in [5.74, 6) is 1.01. The van der Waals surface area contributed by atoms with Crippen LogP contribution in [0.15, 0.2) is 54.6 Å². The molecular weight excluding hydrogens is 597 g/mol. The Balaban J connectivity index is 0.00000484. The van der Waals surface area contributed by atoms with Crippen LogP contribution in [-0.4, -0.2) is 69.6 Å². The van der Waals surface area contributed by atoms with Crippen LogP contribution in [0.2, 0.25) is 10.0 Å². The van der Waals surface area contributed by atoms with Gasteiger partial charge >= 0.3 is 0 Å². The van der Waals surface area contributed by atoms with Gasteiger partial charge in [0.2, 0.25) is 5.91 Å². The van der Waals surface area contributed by atoms with Crippen molar-refractivity contribution < 1.29 is 19.1 Å². The lowest BCUT2D eigenvalue weighted by atomic mass is 9.76. The number of methoxy groups -OCH3 is 2. The smallest absolute Gasteiger partial charge is 0.253 e. The van der Waals surface area contributed by atoms with E-state index in [0.717, 1.165) is 29.8 Å². The molecule has 0 saturated heterocycles. The largest absolute Gasteiger partial charge is 0.497 e. The van der Waals surface area contributed by atoms with Crippen LogP contribution in [0.1, 0.15) is 47.3 Å². The van der Waals surface area contributed by atoms with E-state index in [2.05, 4.69) is 4.90 Å². The molecule has 0 radical (unpaired) electrons. The number of ether oxygens (including phenoxy) is 2. The maximum Gasteiger partial charge on any atom is 0.253 e. The average molecular weight is 635 g/mol. The van der Waals surface area contributed by atoms with Gasteiger partial charge < -0.3 is 24.2 Å². The molecule has 2 amide bonds. The molecule has 1 heterocycles. The summed E-state index contributed by atoms with van der Waals surface area (Å²) < 4.78 is 10.9. The van der Waals surface area contributed by atoms with E-state index in [1.54, 1.807) is 49.5 Å². The zero-order valence-electron chi connectivity index (χ0n) is 24.9. The van der Waals surface area contributed by atoms with E-state index in [9.17, 15) is 9.59 Å². The summed E-state index contributed by atoms with van der Waals surface area (Å²) in [7, 11) is 7.21. The Morgan fingerprint density at radius 1 is 0.952 bits per heavy atom. The van der Waals surface area contributed by atoms with Crippen molar-refractivity contribution in [3.05, 3.63) is 86.9 Å². The highest BCUT2D eigenvalue weighted by Gasteiger charge is 2.50. The summed E-state index contributed by atoms with van der Waals surface area (Å²) in [6.45, 7) is 6.18. The minimum Gasteiger partial charge on any atom is -0.497 e. The summed E-state index contributed by atoms with van der Waals surface area (Å²) in [6, 6.07) is 16.1. The number of benzene rings is 3. The summed E-state index contributed by atoms with van der Waals surface area (Å²) in [5.41, 5.74) is 2.16. The molecule has 0 spiro atoms. The van der Waals surface area contributed by atoms with E-state index >= 15 is 0 Å². The van der Waals surface area contributed by atoms with Gasteiger partial charge in [-0.1, -0.05) is 23.2 Å². The van der Waals surface area contributed by atoms with Crippen molar-refractivity contribution in [1.29, 1.82) is 0 Å². The number of halogens is 3. The number of fused-ring (bicyclic) bond motifs is 1. The quantitative estimate of drug-likeness (QED) is 0.235. The fraction of sp³-hybridized carbons (Fsp3) is 0.375. The molecular formula is C32H38Cl3N3O4. The van der Waals surface area contributed by atoms with Crippen LogP contribution < -0.4 is 14.4 Å². The fourth-order valence-corrected chi connectivity index (χ4v) is 5.89. The molecule has 0 fully saturated rings. The number of anilines is 1. The van der Waals surface area contributed by atoms with Crippen molar-refractivity contribution >= 4 is 53.1 Å². The second-order valence-corrected chi connectivity index (χ2v) is 11.4. The van der Waals surface area contributed by atoms with Gasteiger partial charge in [0.25, 0.3) is 5.91 Å². The first kappa shape index (κ1) is 33.5. The lowest BCUT2D eigenvalue weighted by Gasteiger charge is -2.28. The third-order valence-electron chi connectivity index (χ3n) is 7.74. The standard InChI is InChI=1S/C32H37Cl2N3O4.ClH/c1-7-36(16-8-15-35(3)4)30(38)21-10-13-27(34)25(17-21)32(2)26-18-23(33)11-14-28(26)37(31(32)39)20-22-9-12-24(40-5)19-29(22)41-6;/h9-14,17-19H,7-8,15-16,20H2,1-6H3;1H. The number of rotatable bonds is 11. The summed E-state index contributed by atoms with van der Waals surface area (Å²) in [4.78, 5) is 33.6. The van der Waals surface area contributed by atoms with Crippen molar-refractivity contribution in [3.63, 3.8) is 0 Å². The highest BCUT2D eigenvalue weighted by Crippen LogP contribution is 2.49. The highest BCUT2D eigenvalue weighted by molar-refractivity contribution is 6.33. The predicted molar refractivity (Wildman–Crippen MR) is 172 cm³/mol. The Morgan fingerprint density at radius 3 is 2.33 bits per heavy atom. The van der Waals surface area contributed by atoms with Crippen molar-refractivity contribution in [3.8, 4) is 11.5 Å². The summed E-state index contributed by atoms with van der Waals surface area (Å²) in [6.07, 6.45) is 0.860. The van der Waals surface area contributed by atoms with Gasteiger partial charge in [-0.05, 0) is 101 Å². The third kappa shape index (κ3) is 6.50. The first-order valence-corrected chi connectivity index (χ1v) is 14.4. The second-order valence-electron chi connectivity index (χ2n) is 10.6. The molecule has 0 N–H and O–H groups in total. The van der Waals surface area contributed by atoms with E-state index in [-0.39, 0.29) is 30.8 Å². The molecule has 3 aromatic rings. The maximum absolute atomic E-state index is 14.4. The number of amides is 2. The van der Waals surface area contributed by atoms with Gasteiger partial charge in [-0.25, -0.2) is 0 Å². The fourth-order valence-electron chi connectivity index (χ4n) is 5.41. The van der Waals surface area contributed by atoms with Crippen molar-refractivity contribution in [2.24, 2.45) is 0 Å². The van der Waals surface area contributed by atoms with Crippen LogP contribution in [0, 0.1) is 0 Å². The van der Waals surface area contributed by atoms with E-state index in [1.807, 2.05) is 57.1 Å². The average Bonchev–Trinajstić information content (AvgIpc) is 3.17. The van der Waals surface area contributed by atoms with E-state index in [1.165, 1.54) is 0 Å². The molecule has 0 saturated carbocycles. The SMILES string of the molecule is CCN(CCCN(C)C)C(=O)c1ccc(Cl)c(C2(C)C(=O)N(Cc3ccc(OC)cc3OC)c3ccc(Cl)cc32)c1.Cl. The first-order valence-electron chi connectivity index (χ1n) is 13.6. The minimum absolute atomic E-state index is 0. The molecule has 1 aliphatic rings. The van der Waals surface area contributed by atoms with Crippen LogP contribution >= 0.6 is 35.6 Å². The van der Waals surface area contributed by atoms with Crippen LogP contribution in [0.25, 0.3) is 0 Å². The Kier molecular flexibility index (Phi) is 11.2. The van der Waals surface area contributed by atoms with Gasteiger partial charge in [-0.3, -0.25) is 9.59 Å². The lowest BCUT2D eigenvalue weighted by molar-refractivity contribution is -0.121. The Bertz CT molecular complexity index is 1450. The predicted octanol–water partition coefficient (Wildman–Crippen LogP) is 6.70. The monoisotopic (exact) mass is 633 g/mol. The number of hydrogen-bond donors (Lipinski definition) is 0. The molecule has 4 rings (SSSR count). The molecule has 3 aromatic carbocycles. The van der Waals surface area contributed by atoms with Gasteiger partial charge in [-0.15, -0.1) is 12.4 Å². The topological polar surface area (TPSA) is 62.3 Å². The highest BCUT2D eigenvalue weighted by atomic mass is 35.5. The minimum atomic E-state index is -1.17. The molecule has 42 heavy (non-hydrogen) atoms. The van der Waals surface area contributed by atoms with Gasteiger partial charge in [0.05, 0.1) is 20.8 Å². The molecule has 0 aliphatic carbocycles. The van der Waals surface area contributed by atoms with Gasteiger partial charge in [0, 0.05) is 46.0 Å². The van der Waals surface area contributed by atoms with Crippen LogP contribution in [0.4, 0.5) is 5.69 Å². The van der Waals surface area contributed by atoms with Crippen molar-refractivity contribution in [1.82, 2.24) is 9.80 Å². The van der Waals surface area contributed by atoms with Crippen LogP contribution in [-0.2, 0) is 16.8 Å². The molecule has 0 bridgehead atoms. The normalized spacial score (nSPS) is 15.8. The molecule has 10 heteroatoms. The van der Waals surface area contributed by atoms with E-state index < -0.39 is 5.41 Å². The number of nitrogens with zero attached hydrogens (tertiary/aromatic N) is 3. The molecule has 7 nitrogen and oxygen atoms in total. The number of carbonyl (C=O) groups excluding carboxylic acids is 2. The Labute approximate surface area is 264 Å². The van der Waals surface area contributed by atoms with E-state index in [0.29, 0.717) is 45.8 Å².